The van der Waals surface area contributed by atoms with Crippen LogP contribution in [-0.2, 0) is 0 Å². The molecule has 0 spiro atoms. The van der Waals surface area contributed by atoms with Gasteiger partial charge in [0, 0.05) is 5.56 Å². The smallest absolute Gasteiger partial charge is 0.185 e. The molecule has 0 radical (unpaired) electrons. The number of benzene rings is 1. The first-order chi connectivity index (χ1) is 6.61. The van der Waals surface area contributed by atoms with Crippen LogP contribution in [0.4, 0.5) is 0 Å². The Labute approximate surface area is 85.5 Å². The monoisotopic (exact) mass is 188 g/mol. The summed E-state index contributed by atoms with van der Waals surface area (Å²) < 4.78 is 0. The standard InChI is InChI=1S/C13H16O/c1-10(2)11(3)9-13(14)12-7-5-4-6-8-12/h4-10H,1-3H3/b11-9+. The Morgan fingerprint density at radius 3 is 2.29 bits per heavy atom. The van der Waals surface area contributed by atoms with Gasteiger partial charge < -0.3 is 0 Å². The Morgan fingerprint density at radius 2 is 1.79 bits per heavy atom. The van der Waals surface area contributed by atoms with Crippen LogP contribution in [-0.4, -0.2) is 5.78 Å². The van der Waals surface area contributed by atoms with Gasteiger partial charge in [0.1, 0.15) is 0 Å². The summed E-state index contributed by atoms with van der Waals surface area (Å²) in [7, 11) is 0. The molecule has 0 aliphatic rings. The third-order valence-electron chi connectivity index (χ3n) is 2.33. The van der Waals surface area contributed by atoms with Crippen molar-refractivity contribution in [2.24, 2.45) is 5.92 Å². The Hall–Kier alpha value is -1.37. The molecule has 0 aromatic heterocycles. The van der Waals surface area contributed by atoms with Crippen molar-refractivity contribution in [3.63, 3.8) is 0 Å². The SMILES string of the molecule is C/C(=C\C(=O)c1ccccc1)C(C)C. The van der Waals surface area contributed by atoms with Gasteiger partial charge in [0.2, 0.25) is 0 Å². The number of carbonyl (C=O) groups excluding carboxylic acids is 1. The fourth-order valence-electron chi connectivity index (χ4n) is 1.06. The molecule has 0 bridgehead atoms. The predicted molar refractivity (Wildman–Crippen MR) is 59.4 cm³/mol. The van der Waals surface area contributed by atoms with Crippen LogP contribution in [0.2, 0.25) is 0 Å². The Morgan fingerprint density at radius 1 is 1.21 bits per heavy atom. The van der Waals surface area contributed by atoms with Crippen molar-refractivity contribution in [2.45, 2.75) is 20.8 Å². The first-order valence-electron chi connectivity index (χ1n) is 4.89. The fraction of sp³-hybridized carbons (Fsp3) is 0.308. The molecule has 0 fully saturated rings. The van der Waals surface area contributed by atoms with Crippen LogP contribution in [0.1, 0.15) is 31.1 Å². The third-order valence-corrected chi connectivity index (χ3v) is 2.33. The summed E-state index contributed by atoms with van der Waals surface area (Å²) in [5.41, 5.74) is 1.88. The molecule has 0 atom stereocenters. The molecule has 14 heavy (non-hydrogen) atoms. The largest absolute Gasteiger partial charge is 0.289 e. The molecule has 0 N–H and O–H groups in total. The summed E-state index contributed by atoms with van der Waals surface area (Å²) in [6.45, 7) is 6.17. The van der Waals surface area contributed by atoms with E-state index in [9.17, 15) is 4.79 Å². The number of ketones is 1. The van der Waals surface area contributed by atoms with Gasteiger partial charge in [-0.25, -0.2) is 0 Å². The van der Waals surface area contributed by atoms with Crippen LogP contribution in [0, 0.1) is 5.92 Å². The zero-order valence-corrected chi connectivity index (χ0v) is 8.95. The van der Waals surface area contributed by atoms with E-state index in [-0.39, 0.29) is 5.78 Å². The predicted octanol–water partition coefficient (Wildman–Crippen LogP) is 3.47. The van der Waals surface area contributed by atoms with Crippen molar-refractivity contribution >= 4 is 5.78 Å². The topological polar surface area (TPSA) is 17.1 Å². The van der Waals surface area contributed by atoms with Crippen molar-refractivity contribution in [2.75, 3.05) is 0 Å². The van der Waals surface area contributed by atoms with E-state index in [1.807, 2.05) is 37.3 Å². The van der Waals surface area contributed by atoms with Crippen molar-refractivity contribution in [3.8, 4) is 0 Å². The molecule has 0 heterocycles. The van der Waals surface area contributed by atoms with Crippen molar-refractivity contribution in [3.05, 3.63) is 47.5 Å². The second-order valence-corrected chi connectivity index (χ2v) is 3.77. The molecule has 1 aromatic rings. The molecule has 0 saturated carbocycles. The van der Waals surface area contributed by atoms with Gasteiger partial charge in [-0.15, -0.1) is 0 Å². The van der Waals surface area contributed by atoms with Crippen LogP contribution in [0.25, 0.3) is 0 Å². The zero-order chi connectivity index (χ0) is 10.6. The van der Waals surface area contributed by atoms with Crippen LogP contribution >= 0.6 is 0 Å². The highest BCUT2D eigenvalue weighted by atomic mass is 16.1. The second-order valence-electron chi connectivity index (χ2n) is 3.77. The highest BCUT2D eigenvalue weighted by molar-refractivity contribution is 6.04. The number of carbonyl (C=O) groups is 1. The molecule has 0 saturated heterocycles. The molecule has 74 valence electrons. The summed E-state index contributed by atoms with van der Waals surface area (Å²) in [6, 6.07) is 9.35. The number of rotatable bonds is 3. The van der Waals surface area contributed by atoms with E-state index in [1.165, 1.54) is 0 Å². The average Bonchev–Trinajstić information content (AvgIpc) is 2.19. The van der Waals surface area contributed by atoms with E-state index in [2.05, 4.69) is 13.8 Å². The van der Waals surface area contributed by atoms with Crippen molar-refractivity contribution < 1.29 is 4.79 Å². The summed E-state index contributed by atoms with van der Waals surface area (Å²) in [5, 5.41) is 0. The van der Waals surface area contributed by atoms with Gasteiger partial charge in [-0.05, 0) is 18.9 Å². The van der Waals surface area contributed by atoms with Gasteiger partial charge in [-0.3, -0.25) is 4.79 Å². The van der Waals surface area contributed by atoms with Crippen LogP contribution in [0.3, 0.4) is 0 Å². The minimum absolute atomic E-state index is 0.0943. The molecule has 0 unspecified atom stereocenters. The third kappa shape index (κ3) is 2.84. The Balaban J connectivity index is 2.83. The summed E-state index contributed by atoms with van der Waals surface area (Å²) in [5.74, 6) is 0.527. The van der Waals surface area contributed by atoms with Gasteiger partial charge in [-0.1, -0.05) is 49.8 Å². The van der Waals surface area contributed by atoms with Gasteiger partial charge in [0.15, 0.2) is 5.78 Å². The highest BCUT2D eigenvalue weighted by Crippen LogP contribution is 2.10. The maximum atomic E-state index is 11.7. The lowest BCUT2D eigenvalue weighted by Gasteiger charge is -2.03. The quantitative estimate of drug-likeness (QED) is 0.524. The van der Waals surface area contributed by atoms with E-state index in [1.54, 1.807) is 6.08 Å². The van der Waals surface area contributed by atoms with E-state index < -0.39 is 0 Å². The average molecular weight is 188 g/mol. The first kappa shape index (κ1) is 10.7. The van der Waals surface area contributed by atoms with E-state index in [0.717, 1.165) is 11.1 Å². The summed E-state index contributed by atoms with van der Waals surface area (Å²) in [6.07, 6.45) is 1.72. The van der Waals surface area contributed by atoms with Gasteiger partial charge in [0.25, 0.3) is 0 Å². The van der Waals surface area contributed by atoms with E-state index in [4.69, 9.17) is 0 Å². The first-order valence-corrected chi connectivity index (χ1v) is 4.89. The van der Waals surface area contributed by atoms with Crippen molar-refractivity contribution in [1.82, 2.24) is 0 Å². The van der Waals surface area contributed by atoms with Gasteiger partial charge in [-0.2, -0.15) is 0 Å². The number of hydrogen-bond acceptors (Lipinski definition) is 1. The van der Waals surface area contributed by atoms with Crippen LogP contribution in [0.15, 0.2) is 42.0 Å². The van der Waals surface area contributed by atoms with Crippen molar-refractivity contribution in [1.29, 1.82) is 0 Å². The molecule has 0 aliphatic carbocycles. The molecule has 1 heteroatoms. The number of hydrogen-bond donors (Lipinski definition) is 0. The molecule has 0 aliphatic heterocycles. The lowest BCUT2D eigenvalue weighted by molar-refractivity contribution is 0.104. The fourth-order valence-corrected chi connectivity index (χ4v) is 1.06. The maximum Gasteiger partial charge on any atom is 0.185 e. The molecule has 1 nitrogen and oxygen atoms in total. The Kier molecular flexibility index (Phi) is 3.63. The molecule has 1 rings (SSSR count). The van der Waals surface area contributed by atoms with Crippen LogP contribution in [0.5, 0.6) is 0 Å². The highest BCUT2D eigenvalue weighted by Gasteiger charge is 2.03. The maximum absolute atomic E-state index is 11.7. The summed E-state index contributed by atoms with van der Waals surface area (Å²) in [4.78, 5) is 11.7. The molecule has 1 aromatic carbocycles. The minimum atomic E-state index is 0.0943. The van der Waals surface area contributed by atoms with Gasteiger partial charge >= 0.3 is 0 Å². The molecular formula is C13H16O. The Bertz CT molecular complexity index is 334. The molecular weight excluding hydrogens is 172 g/mol. The lowest BCUT2D eigenvalue weighted by Crippen LogP contribution is -1.98. The minimum Gasteiger partial charge on any atom is -0.289 e. The second kappa shape index (κ2) is 4.75. The van der Waals surface area contributed by atoms with E-state index >= 15 is 0 Å². The van der Waals surface area contributed by atoms with Gasteiger partial charge in [0.05, 0.1) is 0 Å². The lowest BCUT2D eigenvalue weighted by atomic mass is 10.0. The molecule has 0 amide bonds. The van der Waals surface area contributed by atoms with Crippen LogP contribution < -0.4 is 0 Å². The zero-order valence-electron chi connectivity index (χ0n) is 8.95. The van der Waals surface area contributed by atoms with E-state index in [0.29, 0.717) is 5.92 Å². The normalized spacial score (nSPS) is 11.9. The number of allylic oxidation sites excluding steroid dienone is 2. The summed E-state index contributed by atoms with van der Waals surface area (Å²) >= 11 is 0.